The van der Waals surface area contributed by atoms with Crippen LogP contribution in [0.3, 0.4) is 0 Å². The van der Waals surface area contributed by atoms with Crippen LogP contribution in [0.1, 0.15) is 25.8 Å². The molecule has 0 heterocycles. The average Bonchev–Trinajstić information content (AvgIpc) is 3.16. The number of hydrogen-bond donors (Lipinski definition) is 1. The third-order valence-corrected chi connectivity index (χ3v) is 6.59. The Labute approximate surface area is 156 Å². The Kier molecular flexibility index (Phi) is 4.76. The van der Waals surface area contributed by atoms with Crippen LogP contribution in [0.25, 0.3) is 0 Å². The highest BCUT2D eigenvalue weighted by Crippen LogP contribution is 2.63. The fourth-order valence-electron chi connectivity index (χ4n) is 3.49. The summed E-state index contributed by atoms with van der Waals surface area (Å²) in [6, 6.07) is 13.8. The van der Waals surface area contributed by atoms with Crippen LogP contribution in [0, 0.1) is 5.41 Å². The number of rotatable bonds is 6. The van der Waals surface area contributed by atoms with E-state index in [0.29, 0.717) is 0 Å². The molecule has 3 rings (SSSR count). The van der Waals surface area contributed by atoms with Gasteiger partial charge >= 0.3 is 6.36 Å². The number of sulfonamides is 1. The smallest absolute Gasteiger partial charge is 0.406 e. The van der Waals surface area contributed by atoms with Gasteiger partial charge in [-0.1, -0.05) is 44.2 Å². The molecular formula is C19H20F3NO3S. The Morgan fingerprint density at radius 3 is 2.07 bits per heavy atom. The zero-order valence-corrected chi connectivity index (χ0v) is 15.7. The standard InChI is InChI=1S/C19H20F3NO3S/c1-17(2)12-18(17,14-6-4-3-5-7-14)13-23-27(24,25)16-10-8-15(9-11-16)26-19(20,21)22/h3-11,23H,12-13H2,1-2H3. The van der Waals surface area contributed by atoms with Crippen LogP contribution in [0.5, 0.6) is 5.75 Å². The van der Waals surface area contributed by atoms with E-state index >= 15 is 0 Å². The molecule has 1 N–H and O–H groups in total. The van der Waals surface area contributed by atoms with Gasteiger partial charge in [0.2, 0.25) is 10.0 Å². The van der Waals surface area contributed by atoms with Gasteiger partial charge in [-0.3, -0.25) is 0 Å². The Hall–Kier alpha value is -2.06. The van der Waals surface area contributed by atoms with E-state index in [1.54, 1.807) is 0 Å². The van der Waals surface area contributed by atoms with E-state index in [-0.39, 0.29) is 22.3 Å². The van der Waals surface area contributed by atoms with Crippen LogP contribution in [0.4, 0.5) is 13.2 Å². The van der Waals surface area contributed by atoms with E-state index in [4.69, 9.17) is 0 Å². The number of halogens is 3. The molecule has 1 atom stereocenters. The molecule has 1 fully saturated rings. The number of nitrogens with one attached hydrogen (secondary N) is 1. The van der Waals surface area contributed by atoms with Crippen molar-refractivity contribution in [1.82, 2.24) is 4.72 Å². The molecule has 0 amide bonds. The van der Waals surface area contributed by atoms with Crippen LogP contribution in [-0.2, 0) is 15.4 Å². The molecule has 0 aliphatic heterocycles. The maximum atomic E-state index is 12.6. The Bertz CT molecular complexity index is 909. The summed E-state index contributed by atoms with van der Waals surface area (Å²) >= 11 is 0. The molecule has 1 aliphatic carbocycles. The summed E-state index contributed by atoms with van der Waals surface area (Å²) in [5, 5.41) is 0. The number of hydrogen-bond acceptors (Lipinski definition) is 3. The van der Waals surface area contributed by atoms with Gasteiger partial charge in [0, 0.05) is 12.0 Å². The van der Waals surface area contributed by atoms with Crippen molar-refractivity contribution in [2.24, 2.45) is 5.41 Å². The second kappa shape index (κ2) is 6.53. The Morgan fingerprint density at radius 2 is 1.59 bits per heavy atom. The van der Waals surface area contributed by atoms with Crippen LogP contribution in [0.2, 0.25) is 0 Å². The minimum atomic E-state index is -4.82. The third-order valence-electron chi connectivity index (χ3n) is 5.17. The Balaban J connectivity index is 1.75. The highest BCUT2D eigenvalue weighted by atomic mass is 32.2. The normalized spacial score (nSPS) is 21.7. The first-order chi connectivity index (χ1) is 12.5. The van der Waals surface area contributed by atoms with Gasteiger partial charge < -0.3 is 4.74 Å². The molecule has 1 unspecified atom stereocenters. The molecule has 146 valence electrons. The van der Waals surface area contributed by atoms with Crippen molar-refractivity contribution in [2.45, 2.75) is 36.9 Å². The second-order valence-electron chi connectivity index (χ2n) is 7.35. The van der Waals surface area contributed by atoms with E-state index in [9.17, 15) is 21.6 Å². The fraction of sp³-hybridized carbons (Fsp3) is 0.368. The van der Waals surface area contributed by atoms with Crippen molar-refractivity contribution in [2.75, 3.05) is 6.54 Å². The first-order valence-corrected chi connectivity index (χ1v) is 9.85. The van der Waals surface area contributed by atoms with Crippen LogP contribution in [0.15, 0.2) is 59.5 Å². The largest absolute Gasteiger partial charge is 0.573 e. The summed E-state index contributed by atoms with van der Waals surface area (Å²) < 4.78 is 68.2. The van der Waals surface area contributed by atoms with E-state index in [0.717, 1.165) is 36.2 Å². The van der Waals surface area contributed by atoms with Gasteiger partial charge in [0.15, 0.2) is 0 Å². The molecular weight excluding hydrogens is 379 g/mol. The van der Waals surface area contributed by atoms with Crippen molar-refractivity contribution >= 4 is 10.0 Å². The van der Waals surface area contributed by atoms with Gasteiger partial charge in [-0.15, -0.1) is 13.2 Å². The van der Waals surface area contributed by atoms with Crippen molar-refractivity contribution in [3.05, 3.63) is 60.2 Å². The summed E-state index contributed by atoms with van der Waals surface area (Å²) in [6.45, 7) is 4.38. The average molecular weight is 399 g/mol. The van der Waals surface area contributed by atoms with Crippen LogP contribution < -0.4 is 9.46 Å². The second-order valence-corrected chi connectivity index (χ2v) is 9.12. The summed E-state index contributed by atoms with van der Waals surface area (Å²) in [4.78, 5) is -0.112. The van der Waals surface area contributed by atoms with Gasteiger partial charge in [0.1, 0.15) is 5.75 Å². The van der Waals surface area contributed by atoms with E-state index < -0.39 is 22.1 Å². The predicted octanol–water partition coefficient (Wildman–Crippen LogP) is 4.23. The molecule has 0 bridgehead atoms. The number of ether oxygens (including phenoxy) is 1. The first-order valence-electron chi connectivity index (χ1n) is 8.36. The molecule has 8 heteroatoms. The van der Waals surface area contributed by atoms with Gasteiger partial charge in [-0.05, 0) is 41.7 Å². The van der Waals surface area contributed by atoms with Crippen LogP contribution >= 0.6 is 0 Å². The number of benzene rings is 2. The zero-order valence-electron chi connectivity index (χ0n) is 14.9. The van der Waals surface area contributed by atoms with Crippen molar-refractivity contribution in [1.29, 1.82) is 0 Å². The van der Waals surface area contributed by atoms with Gasteiger partial charge in [0.05, 0.1) is 4.90 Å². The molecule has 4 nitrogen and oxygen atoms in total. The predicted molar refractivity (Wildman–Crippen MR) is 94.8 cm³/mol. The van der Waals surface area contributed by atoms with Gasteiger partial charge in [-0.25, -0.2) is 13.1 Å². The lowest BCUT2D eigenvalue weighted by atomic mass is 9.88. The van der Waals surface area contributed by atoms with Gasteiger partial charge in [0.25, 0.3) is 0 Å². The summed E-state index contributed by atoms with van der Waals surface area (Å²) in [7, 11) is -3.86. The molecule has 2 aromatic carbocycles. The molecule has 1 aliphatic rings. The van der Waals surface area contributed by atoms with Crippen LogP contribution in [-0.4, -0.2) is 21.3 Å². The Morgan fingerprint density at radius 1 is 1.04 bits per heavy atom. The fourth-order valence-corrected chi connectivity index (χ4v) is 4.58. The van der Waals surface area contributed by atoms with Crippen molar-refractivity contribution < 1.29 is 26.3 Å². The van der Waals surface area contributed by atoms with E-state index in [1.807, 2.05) is 30.3 Å². The molecule has 27 heavy (non-hydrogen) atoms. The maximum absolute atomic E-state index is 12.6. The summed E-state index contributed by atoms with van der Waals surface area (Å²) in [5.74, 6) is -0.467. The molecule has 2 aromatic rings. The topological polar surface area (TPSA) is 55.4 Å². The van der Waals surface area contributed by atoms with Crippen molar-refractivity contribution in [3.63, 3.8) is 0 Å². The molecule has 0 spiro atoms. The maximum Gasteiger partial charge on any atom is 0.573 e. The lowest BCUT2D eigenvalue weighted by Gasteiger charge is -2.22. The first kappa shape index (κ1) is 19.7. The summed E-state index contributed by atoms with van der Waals surface area (Å²) in [6.07, 6.45) is -3.98. The summed E-state index contributed by atoms with van der Waals surface area (Å²) in [5.41, 5.74) is 0.703. The monoisotopic (exact) mass is 399 g/mol. The van der Waals surface area contributed by atoms with E-state index in [1.165, 1.54) is 0 Å². The molecule has 0 radical (unpaired) electrons. The van der Waals surface area contributed by atoms with Gasteiger partial charge in [-0.2, -0.15) is 0 Å². The SMILES string of the molecule is CC1(C)CC1(CNS(=O)(=O)c1ccc(OC(F)(F)F)cc1)c1ccccc1. The molecule has 0 aromatic heterocycles. The lowest BCUT2D eigenvalue weighted by molar-refractivity contribution is -0.274. The minimum absolute atomic E-state index is 0.0543. The van der Waals surface area contributed by atoms with E-state index in [2.05, 4.69) is 23.3 Å². The third kappa shape index (κ3) is 4.11. The van der Waals surface area contributed by atoms with Crippen molar-refractivity contribution in [3.8, 4) is 5.75 Å². The number of alkyl halides is 3. The quantitative estimate of drug-likeness (QED) is 0.791. The molecule has 0 saturated heterocycles. The zero-order chi connectivity index (χ0) is 19.9. The highest BCUT2D eigenvalue weighted by Gasteiger charge is 2.61. The molecule has 1 saturated carbocycles. The lowest BCUT2D eigenvalue weighted by Crippen LogP contribution is -2.34. The highest BCUT2D eigenvalue weighted by molar-refractivity contribution is 7.89. The minimum Gasteiger partial charge on any atom is -0.406 e.